The number of aromatic amines is 1. The first-order chi connectivity index (χ1) is 19.4. The summed E-state index contributed by atoms with van der Waals surface area (Å²) in [6.45, 7) is 8.39. The van der Waals surface area contributed by atoms with Gasteiger partial charge in [-0.3, -0.25) is 9.89 Å². The highest BCUT2D eigenvalue weighted by molar-refractivity contribution is 6.00. The van der Waals surface area contributed by atoms with Crippen molar-refractivity contribution in [2.45, 2.75) is 26.3 Å². The fraction of sp³-hybridized carbons (Fsp3) is 0.250. The maximum Gasteiger partial charge on any atom is 0.273 e. The molecule has 1 atom stereocenters. The number of aromatic hydroxyl groups is 1. The molecular weight excluding hydrogens is 506 g/mol. The summed E-state index contributed by atoms with van der Waals surface area (Å²) in [5.74, 6) is 2.02. The molecular formula is C32H33N3O5. The number of nitrogens with zero attached hydrogens (tertiary/aromatic N) is 2. The monoisotopic (exact) mass is 539 g/mol. The Labute approximate surface area is 233 Å². The van der Waals surface area contributed by atoms with Gasteiger partial charge in [-0.25, -0.2) is 0 Å². The molecule has 1 unspecified atom stereocenters. The predicted molar refractivity (Wildman–Crippen MR) is 153 cm³/mol. The lowest BCUT2D eigenvalue weighted by Crippen LogP contribution is -2.31. The summed E-state index contributed by atoms with van der Waals surface area (Å²) in [5, 5.41) is 18.5. The van der Waals surface area contributed by atoms with Crippen molar-refractivity contribution in [1.82, 2.24) is 15.1 Å². The van der Waals surface area contributed by atoms with Crippen LogP contribution in [-0.2, 0) is 6.42 Å². The van der Waals surface area contributed by atoms with Crippen molar-refractivity contribution in [2.75, 3.05) is 27.4 Å². The number of ether oxygens (including phenoxy) is 3. The molecule has 1 aliphatic rings. The van der Waals surface area contributed by atoms with E-state index in [0.717, 1.165) is 27.8 Å². The minimum absolute atomic E-state index is 0.143. The number of carbonyl (C=O) groups is 1. The minimum Gasteiger partial charge on any atom is -0.507 e. The number of H-pyrrole nitrogens is 1. The summed E-state index contributed by atoms with van der Waals surface area (Å²) in [4.78, 5) is 15.7. The van der Waals surface area contributed by atoms with Gasteiger partial charge in [-0.1, -0.05) is 36.9 Å². The lowest BCUT2D eigenvalue weighted by Gasteiger charge is -2.27. The smallest absolute Gasteiger partial charge is 0.273 e. The molecule has 2 heterocycles. The van der Waals surface area contributed by atoms with E-state index in [0.29, 0.717) is 53.8 Å². The van der Waals surface area contributed by atoms with Gasteiger partial charge in [0.1, 0.15) is 29.5 Å². The van der Waals surface area contributed by atoms with Crippen LogP contribution in [0.15, 0.2) is 67.3 Å². The standard InChI is InChI=1S/C32H33N3O5/c1-6-15-40-23-10-8-22(9-11-23)30-27-28(24-17-19(2)16-20(3)31(24)36)33-34-29(27)32(37)35(30)14-13-21-7-12-25(38-4)26(18-21)39-5/h6-12,16-18,30,36H,1,13-15H2,2-5H3,(H,33,34). The maximum atomic E-state index is 13.8. The van der Waals surface area contributed by atoms with Crippen molar-refractivity contribution in [1.29, 1.82) is 0 Å². The first-order valence-corrected chi connectivity index (χ1v) is 13.1. The van der Waals surface area contributed by atoms with E-state index in [1.807, 2.05) is 73.3 Å². The molecule has 4 aromatic rings. The third kappa shape index (κ3) is 4.88. The number of aryl methyl sites for hydroxylation is 2. The zero-order valence-corrected chi connectivity index (χ0v) is 23.2. The van der Waals surface area contributed by atoms with Gasteiger partial charge in [-0.05, 0) is 72.9 Å². The van der Waals surface area contributed by atoms with Gasteiger partial charge in [-0.15, -0.1) is 0 Å². The van der Waals surface area contributed by atoms with Crippen molar-refractivity contribution in [3.8, 4) is 34.3 Å². The van der Waals surface area contributed by atoms with Crippen LogP contribution in [0.25, 0.3) is 11.3 Å². The van der Waals surface area contributed by atoms with E-state index in [1.165, 1.54) is 0 Å². The minimum atomic E-state index is -0.412. The highest BCUT2D eigenvalue weighted by Crippen LogP contribution is 2.45. The van der Waals surface area contributed by atoms with Gasteiger partial charge in [0.2, 0.25) is 0 Å². The van der Waals surface area contributed by atoms with E-state index in [4.69, 9.17) is 14.2 Å². The summed E-state index contributed by atoms with van der Waals surface area (Å²) in [7, 11) is 3.21. The van der Waals surface area contributed by atoms with Crippen molar-refractivity contribution < 1.29 is 24.1 Å². The summed E-state index contributed by atoms with van der Waals surface area (Å²) in [6, 6.07) is 16.9. The Bertz CT molecular complexity index is 1560. The fourth-order valence-corrected chi connectivity index (χ4v) is 5.31. The lowest BCUT2D eigenvalue weighted by molar-refractivity contribution is 0.0746. The highest BCUT2D eigenvalue weighted by Gasteiger charge is 2.42. The quantitative estimate of drug-likeness (QED) is 0.249. The Hall–Kier alpha value is -4.72. The zero-order chi connectivity index (χ0) is 28.4. The summed E-state index contributed by atoms with van der Waals surface area (Å²) < 4.78 is 16.5. The van der Waals surface area contributed by atoms with Crippen LogP contribution in [0.5, 0.6) is 23.0 Å². The van der Waals surface area contributed by atoms with Gasteiger partial charge >= 0.3 is 0 Å². The molecule has 5 rings (SSSR count). The van der Waals surface area contributed by atoms with Crippen LogP contribution in [0.2, 0.25) is 0 Å². The summed E-state index contributed by atoms with van der Waals surface area (Å²) in [6.07, 6.45) is 2.30. The molecule has 0 saturated heterocycles. The van der Waals surface area contributed by atoms with Crippen LogP contribution in [0.1, 0.15) is 44.3 Å². The molecule has 0 radical (unpaired) electrons. The van der Waals surface area contributed by atoms with Gasteiger partial charge in [0, 0.05) is 17.7 Å². The Morgan fingerprint density at radius 2 is 1.80 bits per heavy atom. The van der Waals surface area contributed by atoms with E-state index in [1.54, 1.807) is 20.3 Å². The van der Waals surface area contributed by atoms with E-state index in [-0.39, 0.29) is 11.7 Å². The molecule has 0 bridgehead atoms. The van der Waals surface area contributed by atoms with Crippen LogP contribution in [0.4, 0.5) is 0 Å². The summed E-state index contributed by atoms with van der Waals surface area (Å²) in [5.41, 5.74) is 6.02. The number of aromatic nitrogens is 2. The van der Waals surface area contributed by atoms with Gasteiger partial charge in [0.25, 0.3) is 5.91 Å². The number of nitrogens with one attached hydrogen (secondary N) is 1. The number of phenolic OH excluding ortho intramolecular Hbond substituents is 1. The first kappa shape index (κ1) is 26.9. The molecule has 40 heavy (non-hydrogen) atoms. The molecule has 2 N–H and O–H groups in total. The fourth-order valence-electron chi connectivity index (χ4n) is 5.31. The van der Waals surface area contributed by atoms with E-state index >= 15 is 0 Å². The van der Waals surface area contributed by atoms with Crippen LogP contribution in [-0.4, -0.2) is 53.5 Å². The average Bonchev–Trinajstić information content (AvgIpc) is 3.51. The van der Waals surface area contributed by atoms with E-state index in [9.17, 15) is 9.90 Å². The Balaban J connectivity index is 1.56. The maximum absolute atomic E-state index is 13.8. The molecule has 0 fully saturated rings. The number of amides is 1. The van der Waals surface area contributed by atoms with Crippen molar-refractivity contribution >= 4 is 5.91 Å². The lowest BCUT2D eigenvalue weighted by atomic mass is 9.94. The number of methoxy groups -OCH3 is 2. The van der Waals surface area contributed by atoms with Gasteiger partial charge in [0.05, 0.1) is 20.3 Å². The largest absolute Gasteiger partial charge is 0.507 e. The van der Waals surface area contributed by atoms with E-state index < -0.39 is 6.04 Å². The molecule has 8 nitrogen and oxygen atoms in total. The zero-order valence-electron chi connectivity index (χ0n) is 23.2. The van der Waals surface area contributed by atoms with Gasteiger partial charge < -0.3 is 24.2 Å². The summed E-state index contributed by atoms with van der Waals surface area (Å²) >= 11 is 0. The molecule has 0 spiro atoms. The highest BCUT2D eigenvalue weighted by atomic mass is 16.5. The third-order valence-electron chi connectivity index (χ3n) is 7.22. The normalized spacial score (nSPS) is 14.2. The Kier molecular flexibility index (Phi) is 7.51. The van der Waals surface area contributed by atoms with E-state index in [2.05, 4.69) is 16.8 Å². The second-order valence-electron chi connectivity index (χ2n) is 9.85. The number of hydrogen-bond donors (Lipinski definition) is 2. The average molecular weight is 540 g/mol. The van der Waals surface area contributed by atoms with Crippen LogP contribution >= 0.6 is 0 Å². The number of hydrogen-bond acceptors (Lipinski definition) is 6. The van der Waals surface area contributed by atoms with Crippen molar-refractivity contribution in [3.05, 3.63) is 101 Å². The topological polar surface area (TPSA) is 96.9 Å². The number of fused-ring (bicyclic) bond motifs is 1. The van der Waals surface area contributed by atoms with Crippen LogP contribution < -0.4 is 14.2 Å². The molecule has 1 aliphatic heterocycles. The number of phenols is 1. The molecule has 206 valence electrons. The Morgan fingerprint density at radius 3 is 2.50 bits per heavy atom. The van der Waals surface area contributed by atoms with Crippen LogP contribution in [0, 0.1) is 13.8 Å². The van der Waals surface area contributed by atoms with Gasteiger partial charge in [0.15, 0.2) is 11.5 Å². The number of carbonyl (C=O) groups excluding carboxylic acids is 1. The molecule has 8 heteroatoms. The molecule has 3 aromatic carbocycles. The molecule has 1 amide bonds. The molecule has 1 aromatic heterocycles. The third-order valence-corrected chi connectivity index (χ3v) is 7.22. The van der Waals surface area contributed by atoms with Crippen LogP contribution in [0.3, 0.4) is 0 Å². The van der Waals surface area contributed by atoms with Crippen molar-refractivity contribution in [2.24, 2.45) is 0 Å². The second kappa shape index (κ2) is 11.2. The number of rotatable bonds is 10. The number of benzene rings is 3. The molecule has 0 aliphatic carbocycles. The van der Waals surface area contributed by atoms with Gasteiger partial charge in [-0.2, -0.15) is 5.10 Å². The van der Waals surface area contributed by atoms with Crippen molar-refractivity contribution in [3.63, 3.8) is 0 Å². The first-order valence-electron chi connectivity index (χ1n) is 13.1. The molecule has 0 saturated carbocycles. The predicted octanol–water partition coefficient (Wildman–Crippen LogP) is 5.77. The Morgan fingerprint density at radius 1 is 1.05 bits per heavy atom. The second-order valence-corrected chi connectivity index (χ2v) is 9.85. The SMILES string of the molecule is C=CCOc1ccc(C2c3c(-c4cc(C)cc(C)c4O)n[nH]c3C(=O)N2CCc2ccc(OC)c(OC)c2)cc1.